The summed E-state index contributed by atoms with van der Waals surface area (Å²) in [6, 6.07) is 4.03. The average Bonchev–Trinajstić information content (AvgIpc) is 3.62. The maximum absolute atomic E-state index is 13.0. The Bertz CT molecular complexity index is 963. The lowest BCUT2D eigenvalue weighted by Crippen LogP contribution is -2.45. The predicted octanol–water partition coefficient (Wildman–Crippen LogP) is 2.15. The fourth-order valence-electron chi connectivity index (χ4n) is 5.10. The van der Waals surface area contributed by atoms with E-state index in [1.54, 1.807) is 6.20 Å². The van der Waals surface area contributed by atoms with Gasteiger partial charge in [-0.1, -0.05) is 6.42 Å². The smallest absolute Gasteiger partial charge is 0.236 e. The number of piperidine rings is 2. The van der Waals surface area contributed by atoms with Gasteiger partial charge in [-0.2, -0.15) is 5.10 Å². The first-order valence-electron chi connectivity index (χ1n) is 12.3. The molecule has 2 aromatic heterocycles. The highest BCUT2D eigenvalue weighted by atomic mass is 16.2. The fraction of sp³-hybridized carbons (Fsp3) is 0.667. The molecule has 1 atom stereocenters. The zero-order valence-electron chi connectivity index (χ0n) is 18.8. The molecule has 8 nitrogen and oxygen atoms in total. The van der Waals surface area contributed by atoms with Crippen molar-refractivity contribution in [2.45, 2.75) is 57.4 Å². The van der Waals surface area contributed by atoms with Crippen LogP contribution in [0.2, 0.25) is 0 Å². The third-order valence-electron chi connectivity index (χ3n) is 7.07. The van der Waals surface area contributed by atoms with Crippen molar-refractivity contribution in [3.8, 4) is 0 Å². The highest BCUT2D eigenvalue weighted by Crippen LogP contribution is 2.31. The van der Waals surface area contributed by atoms with Gasteiger partial charge in [-0.05, 0) is 63.7 Å². The number of hydrogen-bond acceptors (Lipinski definition) is 5. The van der Waals surface area contributed by atoms with Crippen LogP contribution in [0.5, 0.6) is 0 Å². The van der Waals surface area contributed by atoms with Gasteiger partial charge in [0.1, 0.15) is 0 Å². The highest BCUT2D eigenvalue weighted by Gasteiger charge is 2.30. The number of hydrogen-bond donors (Lipinski definition) is 1. The Morgan fingerprint density at radius 2 is 1.91 bits per heavy atom. The van der Waals surface area contributed by atoms with Gasteiger partial charge < -0.3 is 10.2 Å². The van der Waals surface area contributed by atoms with Crippen LogP contribution in [0.1, 0.15) is 56.6 Å². The normalized spacial score (nSPS) is 22.2. The molecule has 2 saturated heterocycles. The molecule has 3 aliphatic rings. The van der Waals surface area contributed by atoms with E-state index in [1.165, 1.54) is 19.3 Å². The number of fused-ring (bicyclic) bond motifs is 1. The number of carbonyl (C=O) groups excluding carboxylic acids is 2. The van der Waals surface area contributed by atoms with Crippen molar-refractivity contribution in [2.24, 2.45) is 5.92 Å². The standard InChI is InChI=1S/C24H34N6O2/c31-21(17-28-12-2-1-3-13-28)29-14-5-6-19(16-29)22-20-7-4-10-25-23(20)30(27-22)15-11-26-24(32)18-8-9-18/h4,7,10,18-19H,1-3,5-6,8-9,11-17H2,(H,26,32). The van der Waals surface area contributed by atoms with Crippen LogP contribution in [0.25, 0.3) is 11.0 Å². The van der Waals surface area contributed by atoms with Crippen LogP contribution in [0.15, 0.2) is 18.3 Å². The number of amides is 2. The van der Waals surface area contributed by atoms with Crippen molar-refractivity contribution in [2.75, 3.05) is 39.3 Å². The van der Waals surface area contributed by atoms with Gasteiger partial charge in [0.15, 0.2) is 5.65 Å². The van der Waals surface area contributed by atoms with Gasteiger partial charge in [-0.25, -0.2) is 9.67 Å². The molecular weight excluding hydrogens is 404 g/mol. The zero-order chi connectivity index (χ0) is 21.9. The zero-order valence-corrected chi connectivity index (χ0v) is 18.8. The number of pyridine rings is 1. The molecule has 5 rings (SSSR count). The summed E-state index contributed by atoms with van der Waals surface area (Å²) in [6.45, 7) is 5.37. The Balaban J connectivity index is 1.26. The second-order valence-corrected chi connectivity index (χ2v) is 9.56. The molecule has 8 heteroatoms. The maximum Gasteiger partial charge on any atom is 0.236 e. The monoisotopic (exact) mass is 438 g/mol. The van der Waals surface area contributed by atoms with E-state index in [1.807, 2.05) is 15.6 Å². The molecule has 2 amide bonds. The molecule has 0 spiro atoms. The van der Waals surface area contributed by atoms with Gasteiger partial charge in [-0.15, -0.1) is 0 Å². The third kappa shape index (κ3) is 4.80. The Morgan fingerprint density at radius 1 is 1.06 bits per heavy atom. The molecule has 1 aliphatic carbocycles. The molecule has 32 heavy (non-hydrogen) atoms. The van der Waals surface area contributed by atoms with E-state index in [-0.39, 0.29) is 23.7 Å². The van der Waals surface area contributed by atoms with Crippen molar-refractivity contribution in [3.05, 3.63) is 24.0 Å². The van der Waals surface area contributed by atoms with Gasteiger partial charge in [0.05, 0.1) is 18.8 Å². The van der Waals surface area contributed by atoms with Crippen molar-refractivity contribution in [1.82, 2.24) is 29.9 Å². The first-order chi connectivity index (χ1) is 15.7. The molecule has 2 aromatic rings. The fourth-order valence-corrected chi connectivity index (χ4v) is 5.10. The molecule has 0 bridgehead atoms. The minimum absolute atomic E-state index is 0.157. The summed E-state index contributed by atoms with van der Waals surface area (Å²) in [5.41, 5.74) is 1.90. The van der Waals surface area contributed by atoms with Gasteiger partial charge in [0.25, 0.3) is 0 Å². The van der Waals surface area contributed by atoms with Crippen LogP contribution >= 0.6 is 0 Å². The molecule has 1 N–H and O–H groups in total. The number of likely N-dealkylation sites (tertiary alicyclic amines) is 2. The van der Waals surface area contributed by atoms with E-state index in [0.29, 0.717) is 19.6 Å². The van der Waals surface area contributed by atoms with Gasteiger partial charge >= 0.3 is 0 Å². The van der Waals surface area contributed by atoms with E-state index in [2.05, 4.69) is 21.3 Å². The number of carbonyl (C=O) groups is 2. The Hall–Kier alpha value is -2.48. The second-order valence-electron chi connectivity index (χ2n) is 9.56. The molecule has 0 aromatic carbocycles. The molecule has 1 unspecified atom stereocenters. The van der Waals surface area contributed by atoms with E-state index in [0.717, 1.165) is 68.6 Å². The predicted molar refractivity (Wildman–Crippen MR) is 122 cm³/mol. The van der Waals surface area contributed by atoms with Crippen LogP contribution in [-0.4, -0.2) is 75.6 Å². The van der Waals surface area contributed by atoms with E-state index >= 15 is 0 Å². The quantitative estimate of drug-likeness (QED) is 0.716. The van der Waals surface area contributed by atoms with E-state index in [4.69, 9.17) is 5.10 Å². The van der Waals surface area contributed by atoms with Gasteiger partial charge in [0, 0.05) is 43.1 Å². The van der Waals surface area contributed by atoms with Crippen LogP contribution in [0, 0.1) is 5.92 Å². The number of rotatable bonds is 7. The topological polar surface area (TPSA) is 83.4 Å². The molecular formula is C24H34N6O2. The lowest BCUT2D eigenvalue weighted by molar-refractivity contribution is -0.133. The largest absolute Gasteiger partial charge is 0.354 e. The average molecular weight is 439 g/mol. The maximum atomic E-state index is 13.0. The lowest BCUT2D eigenvalue weighted by Gasteiger charge is -2.34. The van der Waals surface area contributed by atoms with Crippen molar-refractivity contribution in [1.29, 1.82) is 0 Å². The Morgan fingerprint density at radius 3 is 2.72 bits per heavy atom. The lowest BCUT2D eigenvalue weighted by atomic mass is 9.93. The minimum atomic E-state index is 0.157. The van der Waals surface area contributed by atoms with Crippen molar-refractivity contribution in [3.63, 3.8) is 0 Å². The first kappa shape index (κ1) is 21.4. The molecule has 1 saturated carbocycles. The summed E-state index contributed by atoms with van der Waals surface area (Å²) in [5, 5.41) is 9.02. The number of aromatic nitrogens is 3. The van der Waals surface area contributed by atoms with E-state index in [9.17, 15) is 9.59 Å². The van der Waals surface area contributed by atoms with Crippen LogP contribution < -0.4 is 5.32 Å². The first-order valence-corrected chi connectivity index (χ1v) is 12.3. The number of nitrogens with one attached hydrogen (secondary N) is 1. The summed E-state index contributed by atoms with van der Waals surface area (Å²) in [5.74, 6) is 0.850. The summed E-state index contributed by atoms with van der Waals surface area (Å²) in [6.07, 6.45) is 9.54. The Labute approximate surface area is 189 Å². The highest BCUT2D eigenvalue weighted by molar-refractivity contribution is 5.81. The van der Waals surface area contributed by atoms with Crippen molar-refractivity contribution < 1.29 is 9.59 Å². The molecule has 4 heterocycles. The summed E-state index contributed by atoms with van der Waals surface area (Å²) >= 11 is 0. The van der Waals surface area contributed by atoms with Crippen LogP contribution in [0.4, 0.5) is 0 Å². The van der Waals surface area contributed by atoms with Crippen LogP contribution in [0.3, 0.4) is 0 Å². The van der Waals surface area contributed by atoms with E-state index < -0.39 is 0 Å². The molecule has 172 valence electrons. The van der Waals surface area contributed by atoms with Gasteiger partial charge in [0.2, 0.25) is 11.8 Å². The second kappa shape index (κ2) is 9.57. The van der Waals surface area contributed by atoms with Crippen LogP contribution in [-0.2, 0) is 16.1 Å². The minimum Gasteiger partial charge on any atom is -0.354 e. The van der Waals surface area contributed by atoms with Crippen molar-refractivity contribution >= 4 is 22.8 Å². The Kier molecular flexibility index (Phi) is 6.39. The SMILES string of the molecule is O=C(NCCn1nc(C2CCCN(C(=O)CN3CCCCC3)C2)c2cccnc21)C1CC1. The van der Waals surface area contributed by atoms with Gasteiger partial charge in [-0.3, -0.25) is 14.5 Å². The number of nitrogens with zero attached hydrogens (tertiary/aromatic N) is 5. The third-order valence-corrected chi connectivity index (χ3v) is 7.07. The summed E-state index contributed by atoms with van der Waals surface area (Å²) in [4.78, 5) is 33.9. The summed E-state index contributed by atoms with van der Waals surface area (Å²) < 4.78 is 1.92. The molecule has 3 fully saturated rings. The molecule has 2 aliphatic heterocycles. The summed E-state index contributed by atoms with van der Waals surface area (Å²) in [7, 11) is 0. The molecule has 0 radical (unpaired) electrons.